The van der Waals surface area contributed by atoms with Gasteiger partial charge in [-0.2, -0.15) is 0 Å². The van der Waals surface area contributed by atoms with Crippen molar-refractivity contribution in [3.05, 3.63) is 35.9 Å². The van der Waals surface area contributed by atoms with Crippen LogP contribution in [-0.2, 0) is 6.42 Å². The molecule has 1 aromatic carbocycles. The van der Waals surface area contributed by atoms with E-state index in [-0.39, 0.29) is 6.04 Å². The third-order valence-corrected chi connectivity index (χ3v) is 3.70. The minimum absolute atomic E-state index is 0.180. The van der Waals surface area contributed by atoms with E-state index in [1.54, 1.807) is 0 Å². The highest BCUT2D eigenvalue weighted by molar-refractivity contribution is 5.16. The normalized spacial score (nSPS) is 18.9. The number of nitrogens with zero attached hydrogens (tertiary/aromatic N) is 1. The highest BCUT2D eigenvalue weighted by atomic mass is 16.3. The maximum absolute atomic E-state index is 10.2. The Bertz CT molecular complexity index is 351. The zero-order valence-electron chi connectivity index (χ0n) is 11.1. The quantitative estimate of drug-likeness (QED) is 0.767. The summed E-state index contributed by atoms with van der Waals surface area (Å²) in [6.07, 6.45) is 2.85. The van der Waals surface area contributed by atoms with Crippen LogP contribution in [0.25, 0.3) is 0 Å². The SMILES string of the molecule is CCN(CC(O)C(N)Cc1ccccc1)C1CC1. The maximum atomic E-state index is 10.2. The Morgan fingerprint density at radius 2 is 2.00 bits per heavy atom. The smallest absolute Gasteiger partial charge is 0.0821 e. The number of rotatable bonds is 7. The van der Waals surface area contributed by atoms with Crippen molar-refractivity contribution in [2.45, 2.75) is 44.4 Å². The third-order valence-electron chi connectivity index (χ3n) is 3.70. The van der Waals surface area contributed by atoms with E-state index in [1.807, 2.05) is 18.2 Å². The van der Waals surface area contributed by atoms with Gasteiger partial charge in [0.05, 0.1) is 6.10 Å². The number of hydrogen-bond acceptors (Lipinski definition) is 3. The van der Waals surface area contributed by atoms with Crippen molar-refractivity contribution in [3.8, 4) is 0 Å². The van der Waals surface area contributed by atoms with E-state index in [4.69, 9.17) is 5.73 Å². The first-order valence-corrected chi connectivity index (χ1v) is 6.92. The zero-order valence-corrected chi connectivity index (χ0v) is 11.1. The average Bonchev–Trinajstić information content (AvgIpc) is 3.21. The molecule has 2 atom stereocenters. The number of aliphatic hydroxyl groups excluding tert-OH is 1. The van der Waals surface area contributed by atoms with Crippen LogP contribution in [0.1, 0.15) is 25.3 Å². The average molecular weight is 248 g/mol. The monoisotopic (exact) mass is 248 g/mol. The van der Waals surface area contributed by atoms with Crippen LogP contribution in [-0.4, -0.2) is 41.3 Å². The Morgan fingerprint density at radius 3 is 2.56 bits per heavy atom. The molecule has 1 aliphatic carbocycles. The number of benzene rings is 1. The van der Waals surface area contributed by atoms with E-state index in [9.17, 15) is 5.11 Å². The molecular weight excluding hydrogens is 224 g/mol. The fourth-order valence-corrected chi connectivity index (χ4v) is 2.37. The van der Waals surface area contributed by atoms with Gasteiger partial charge in [-0.05, 0) is 31.4 Å². The molecule has 0 radical (unpaired) electrons. The largest absolute Gasteiger partial charge is 0.390 e. The van der Waals surface area contributed by atoms with Crippen molar-refractivity contribution in [1.29, 1.82) is 0 Å². The molecule has 3 N–H and O–H groups in total. The molecule has 3 heteroatoms. The zero-order chi connectivity index (χ0) is 13.0. The lowest BCUT2D eigenvalue weighted by atomic mass is 10.0. The van der Waals surface area contributed by atoms with Gasteiger partial charge in [0.2, 0.25) is 0 Å². The standard InChI is InChI=1S/C15H24N2O/c1-2-17(13-8-9-13)11-15(18)14(16)10-12-6-4-3-5-7-12/h3-7,13-15,18H,2,8-11,16H2,1H3. The lowest BCUT2D eigenvalue weighted by Crippen LogP contribution is -2.45. The fourth-order valence-electron chi connectivity index (χ4n) is 2.37. The summed E-state index contributed by atoms with van der Waals surface area (Å²) < 4.78 is 0. The molecule has 1 aliphatic rings. The van der Waals surface area contributed by atoms with Gasteiger partial charge in [0, 0.05) is 18.6 Å². The number of likely N-dealkylation sites (N-methyl/N-ethyl adjacent to an activating group) is 1. The molecule has 0 heterocycles. The van der Waals surface area contributed by atoms with Gasteiger partial charge in [0.25, 0.3) is 0 Å². The molecule has 18 heavy (non-hydrogen) atoms. The Morgan fingerprint density at radius 1 is 1.33 bits per heavy atom. The summed E-state index contributed by atoms with van der Waals surface area (Å²) in [5.41, 5.74) is 7.29. The molecule has 0 amide bonds. The van der Waals surface area contributed by atoms with E-state index in [2.05, 4.69) is 24.0 Å². The highest BCUT2D eigenvalue weighted by Gasteiger charge is 2.30. The van der Waals surface area contributed by atoms with Crippen LogP contribution in [0.15, 0.2) is 30.3 Å². The molecule has 2 unspecified atom stereocenters. The lowest BCUT2D eigenvalue weighted by Gasteiger charge is -2.26. The third kappa shape index (κ3) is 3.80. The van der Waals surface area contributed by atoms with Gasteiger partial charge >= 0.3 is 0 Å². The van der Waals surface area contributed by atoms with Crippen molar-refractivity contribution in [3.63, 3.8) is 0 Å². The second kappa shape index (κ2) is 6.32. The van der Waals surface area contributed by atoms with Crippen molar-refractivity contribution in [2.24, 2.45) is 5.73 Å². The van der Waals surface area contributed by atoms with Crippen LogP contribution in [0.3, 0.4) is 0 Å². The second-order valence-electron chi connectivity index (χ2n) is 5.24. The summed E-state index contributed by atoms with van der Waals surface area (Å²) in [6.45, 7) is 3.85. The van der Waals surface area contributed by atoms with Crippen LogP contribution >= 0.6 is 0 Å². The summed E-state index contributed by atoms with van der Waals surface area (Å²) in [7, 11) is 0. The minimum atomic E-state index is -0.439. The van der Waals surface area contributed by atoms with Crippen LogP contribution in [0.5, 0.6) is 0 Å². The van der Waals surface area contributed by atoms with Gasteiger partial charge in [-0.1, -0.05) is 37.3 Å². The molecule has 0 aromatic heterocycles. The molecule has 0 spiro atoms. The predicted octanol–water partition coefficient (Wildman–Crippen LogP) is 1.40. The van der Waals surface area contributed by atoms with Crippen molar-refractivity contribution < 1.29 is 5.11 Å². The topological polar surface area (TPSA) is 49.5 Å². The van der Waals surface area contributed by atoms with Crippen LogP contribution in [0, 0.1) is 0 Å². The fraction of sp³-hybridized carbons (Fsp3) is 0.600. The molecular formula is C15H24N2O. The van der Waals surface area contributed by atoms with Gasteiger partial charge in [-0.15, -0.1) is 0 Å². The maximum Gasteiger partial charge on any atom is 0.0821 e. The lowest BCUT2D eigenvalue weighted by molar-refractivity contribution is 0.0897. The molecule has 2 rings (SSSR count). The molecule has 0 bridgehead atoms. The Labute approximate surface area is 110 Å². The number of nitrogens with two attached hydrogens (primary N) is 1. The summed E-state index contributed by atoms with van der Waals surface area (Å²) in [5, 5.41) is 10.2. The van der Waals surface area contributed by atoms with E-state index < -0.39 is 6.10 Å². The van der Waals surface area contributed by atoms with Gasteiger partial charge in [0.15, 0.2) is 0 Å². The molecule has 3 nitrogen and oxygen atoms in total. The highest BCUT2D eigenvalue weighted by Crippen LogP contribution is 2.26. The van der Waals surface area contributed by atoms with Crippen LogP contribution < -0.4 is 5.73 Å². The number of aliphatic hydroxyl groups is 1. The summed E-state index contributed by atoms with van der Waals surface area (Å²) in [6, 6.07) is 10.6. The first-order chi connectivity index (χ1) is 8.70. The van der Waals surface area contributed by atoms with Gasteiger partial charge in [-0.3, -0.25) is 4.90 Å². The molecule has 100 valence electrons. The van der Waals surface area contributed by atoms with E-state index >= 15 is 0 Å². The van der Waals surface area contributed by atoms with Gasteiger partial charge in [0.1, 0.15) is 0 Å². The Kier molecular flexibility index (Phi) is 4.75. The molecule has 1 fully saturated rings. The summed E-state index contributed by atoms with van der Waals surface area (Å²) in [4.78, 5) is 2.34. The van der Waals surface area contributed by atoms with E-state index in [0.717, 1.165) is 13.0 Å². The molecule has 1 aromatic rings. The van der Waals surface area contributed by atoms with Crippen molar-refractivity contribution in [2.75, 3.05) is 13.1 Å². The first-order valence-electron chi connectivity index (χ1n) is 6.92. The Hall–Kier alpha value is -0.900. The van der Waals surface area contributed by atoms with E-state index in [1.165, 1.54) is 18.4 Å². The predicted molar refractivity (Wildman–Crippen MR) is 74.4 cm³/mol. The second-order valence-corrected chi connectivity index (χ2v) is 5.24. The molecule has 1 saturated carbocycles. The van der Waals surface area contributed by atoms with Gasteiger partial charge < -0.3 is 10.8 Å². The minimum Gasteiger partial charge on any atom is -0.390 e. The van der Waals surface area contributed by atoms with Crippen molar-refractivity contribution >= 4 is 0 Å². The first kappa shape index (κ1) is 13.5. The summed E-state index contributed by atoms with van der Waals surface area (Å²) >= 11 is 0. The van der Waals surface area contributed by atoms with Crippen LogP contribution in [0.4, 0.5) is 0 Å². The molecule has 0 saturated heterocycles. The van der Waals surface area contributed by atoms with E-state index in [0.29, 0.717) is 12.6 Å². The number of hydrogen-bond donors (Lipinski definition) is 2. The van der Waals surface area contributed by atoms with Gasteiger partial charge in [-0.25, -0.2) is 0 Å². The summed E-state index contributed by atoms with van der Waals surface area (Å²) in [5.74, 6) is 0. The van der Waals surface area contributed by atoms with Crippen molar-refractivity contribution in [1.82, 2.24) is 4.90 Å². The Balaban J connectivity index is 1.82. The van der Waals surface area contributed by atoms with Crippen LogP contribution in [0.2, 0.25) is 0 Å². The molecule has 0 aliphatic heterocycles.